The maximum atomic E-state index is 11.9. The molecule has 1 rings (SSSR count). The molecular weight excluding hydrogens is 315 g/mol. The Kier molecular flexibility index (Phi) is 5.38. The van der Waals surface area contributed by atoms with Gasteiger partial charge in [-0.2, -0.15) is 0 Å². The summed E-state index contributed by atoms with van der Waals surface area (Å²) >= 11 is 0. The van der Waals surface area contributed by atoms with Gasteiger partial charge in [-0.05, 0) is 24.3 Å². The first-order valence-electron chi connectivity index (χ1n) is 5.46. The van der Waals surface area contributed by atoms with Crippen LogP contribution >= 0.6 is 0 Å². The molecule has 2 amide bonds. The normalized spacial score (nSPS) is 11.8. The van der Waals surface area contributed by atoms with Gasteiger partial charge < -0.3 is 15.4 Å². The molecule has 0 radical (unpaired) electrons. The first-order valence-corrected chi connectivity index (χ1v) is 7.18. The van der Waals surface area contributed by atoms with Gasteiger partial charge in [0.1, 0.15) is 5.75 Å². The molecule has 0 bridgehead atoms. The van der Waals surface area contributed by atoms with E-state index in [-0.39, 0.29) is 12.2 Å². The summed E-state index contributed by atoms with van der Waals surface area (Å²) in [5, 5.41) is 9.25. The smallest absolute Gasteiger partial charge is 0.406 e. The van der Waals surface area contributed by atoms with E-state index >= 15 is 0 Å². The van der Waals surface area contributed by atoms with Gasteiger partial charge >= 0.3 is 12.4 Å². The minimum absolute atomic E-state index is 0.195. The van der Waals surface area contributed by atoms with Gasteiger partial charge in [0.2, 0.25) is 10.0 Å². The van der Waals surface area contributed by atoms with Gasteiger partial charge in [-0.1, -0.05) is 0 Å². The molecule has 1 aromatic carbocycles. The predicted octanol–water partition coefficient (Wildman–Crippen LogP) is 0.995. The maximum absolute atomic E-state index is 11.9. The van der Waals surface area contributed by atoms with Gasteiger partial charge in [0.25, 0.3) is 0 Å². The number of hydrogen-bond donors (Lipinski definition) is 3. The highest BCUT2D eigenvalue weighted by Gasteiger charge is 2.30. The molecule has 7 nitrogen and oxygen atoms in total. The van der Waals surface area contributed by atoms with Crippen LogP contribution in [0.25, 0.3) is 0 Å². The second-order valence-electron chi connectivity index (χ2n) is 3.82. The van der Waals surface area contributed by atoms with Crippen LogP contribution < -0.4 is 20.5 Å². The lowest BCUT2D eigenvalue weighted by atomic mass is 10.3. The average molecular weight is 327 g/mol. The Bertz CT molecular complexity index is 587. The first-order chi connectivity index (χ1) is 9.55. The van der Waals surface area contributed by atoms with Gasteiger partial charge in [0, 0.05) is 12.2 Å². The number of benzene rings is 1. The fourth-order valence-electron chi connectivity index (χ4n) is 1.22. The number of nitrogens with two attached hydrogens (primary N) is 1. The second-order valence-corrected chi connectivity index (χ2v) is 5.55. The van der Waals surface area contributed by atoms with E-state index in [9.17, 15) is 26.4 Å². The summed E-state index contributed by atoms with van der Waals surface area (Å²) in [7, 11) is -3.68. The molecular formula is C10H12F3N3O4S. The van der Waals surface area contributed by atoms with Crippen LogP contribution in [0.4, 0.5) is 23.7 Å². The third kappa shape index (κ3) is 7.99. The Balaban J connectivity index is 2.46. The standard InChI is InChI=1S/C10H12F3N3O4S/c11-10(12,13)20-8-3-1-7(2-4-8)16-9(17)15-5-6-21(14,18)19/h1-4H,5-6H2,(H2,14,18,19)(H2,15,16,17). The van der Waals surface area contributed by atoms with Crippen LogP contribution in [0, 0.1) is 0 Å². The fraction of sp³-hybridized carbons (Fsp3) is 0.300. The molecule has 1 aromatic rings. The summed E-state index contributed by atoms with van der Waals surface area (Å²) in [6.07, 6.45) is -4.79. The van der Waals surface area contributed by atoms with E-state index in [2.05, 4.69) is 15.4 Å². The van der Waals surface area contributed by atoms with Crippen LogP contribution in [0.2, 0.25) is 0 Å². The summed E-state index contributed by atoms with van der Waals surface area (Å²) in [6, 6.07) is 3.71. The molecule has 0 spiro atoms. The zero-order valence-electron chi connectivity index (χ0n) is 10.5. The van der Waals surface area contributed by atoms with Crippen molar-refractivity contribution in [3.05, 3.63) is 24.3 Å². The molecule has 0 saturated heterocycles. The second kappa shape index (κ2) is 6.63. The molecule has 0 heterocycles. The topological polar surface area (TPSA) is 111 Å². The van der Waals surface area contributed by atoms with Crippen molar-refractivity contribution in [1.82, 2.24) is 5.32 Å². The number of amides is 2. The number of hydrogen-bond acceptors (Lipinski definition) is 4. The minimum Gasteiger partial charge on any atom is -0.406 e. The van der Waals surface area contributed by atoms with Crippen molar-refractivity contribution in [2.75, 3.05) is 17.6 Å². The number of sulfonamides is 1. The number of rotatable bonds is 5. The minimum atomic E-state index is -4.79. The van der Waals surface area contributed by atoms with Crippen LogP contribution in [0.3, 0.4) is 0 Å². The van der Waals surface area contributed by atoms with Crippen molar-refractivity contribution in [3.63, 3.8) is 0 Å². The molecule has 11 heteroatoms. The summed E-state index contributed by atoms with van der Waals surface area (Å²) < 4.78 is 60.7. The van der Waals surface area contributed by atoms with E-state index in [0.717, 1.165) is 12.1 Å². The Morgan fingerprint density at radius 3 is 2.29 bits per heavy atom. The zero-order chi connectivity index (χ0) is 16.1. The molecule has 0 aliphatic carbocycles. The molecule has 0 aliphatic rings. The van der Waals surface area contributed by atoms with Crippen LogP contribution in [0.15, 0.2) is 24.3 Å². The van der Waals surface area contributed by atoms with Crippen molar-refractivity contribution in [2.24, 2.45) is 5.14 Å². The molecule has 0 atom stereocenters. The lowest BCUT2D eigenvalue weighted by molar-refractivity contribution is -0.274. The van der Waals surface area contributed by atoms with Gasteiger partial charge in [-0.25, -0.2) is 18.4 Å². The Hall–Kier alpha value is -2.01. The first kappa shape index (κ1) is 17.0. The van der Waals surface area contributed by atoms with Crippen molar-refractivity contribution in [2.45, 2.75) is 6.36 Å². The molecule has 21 heavy (non-hydrogen) atoms. The highest BCUT2D eigenvalue weighted by Crippen LogP contribution is 2.23. The molecule has 118 valence electrons. The monoisotopic (exact) mass is 327 g/mol. The number of urea groups is 1. The van der Waals surface area contributed by atoms with E-state index in [1.165, 1.54) is 12.1 Å². The predicted molar refractivity (Wildman–Crippen MR) is 68.1 cm³/mol. The third-order valence-electron chi connectivity index (χ3n) is 2.02. The van der Waals surface area contributed by atoms with E-state index in [1.54, 1.807) is 0 Å². The van der Waals surface area contributed by atoms with Gasteiger partial charge in [-0.15, -0.1) is 13.2 Å². The van der Waals surface area contributed by atoms with E-state index < -0.39 is 33.9 Å². The fourth-order valence-corrected chi connectivity index (χ4v) is 1.61. The van der Waals surface area contributed by atoms with Crippen LogP contribution in [-0.2, 0) is 10.0 Å². The van der Waals surface area contributed by atoms with Crippen molar-refractivity contribution in [1.29, 1.82) is 0 Å². The molecule has 4 N–H and O–H groups in total. The van der Waals surface area contributed by atoms with E-state index in [4.69, 9.17) is 5.14 Å². The van der Waals surface area contributed by atoms with Crippen molar-refractivity contribution >= 4 is 21.7 Å². The average Bonchev–Trinajstić information content (AvgIpc) is 2.28. The number of carbonyl (C=O) groups excluding carboxylic acids is 1. The SMILES string of the molecule is NS(=O)(=O)CCNC(=O)Nc1ccc(OC(F)(F)F)cc1. The number of carbonyl (C=O) groups is 1. The van der Waals surface area contributed by atoms with Crippen LogP contribution in [0.1, 0.15) is 0 Å². The molecule has 0 fully saturated rings. The molecule has 0 saturated carbocycles. The summed E-state index contributed by atoms with van der Waals surface area (Å²) in [4.78, 5) is 11.3. The molecule has 0 aromatic heterocycles. The summed E-state index contributed by atoms with van der Waals surface area (Å²) in [5.41, 5.74) is 0.206. The van der Waals surface area contributed by atoms with Gasteiger partial charge in [-0.3, -0.25) is 0 Å². The van der Waals surface area contributed by atoms with Gasteiger partial charge in [0.15, 0.2) is 0 Å². The number of alkyl halides is 3. The van der Waals surface area contributed by atoms with Crippen molar-refractivity contribution in [3.8, 4) is 5.75 Å². The summed E-state index contributed by atoms with van der Waals surface area (Å²) in [5.74, 6) is -0.860. The lowest BCUT2D eigenvalue weighted by Gasteiger charge is -2.10. The largest absolute Gasteiger partial charge is 0.573 e. The highest BCUT2D eigenvalue weighted by atomic mass is 32.2. The third-order valence-corrected chi connectivity index (χ3v) is 2.79. The maximum Gasteiger partial charge on any atom is 0.573 e. The number of halogens is 3. The van der Waals surface area contributed by atoms with E-state index in [1.807, 2.05) is 0 Å². The number of ether oxygens (including phenoxy) is 1. The quantitative estimate of drug-likeness (QED) is 0.749. The van der Waals surface area contributed by atoms with Crippen molar-refractivity contribution < 1.29 is 31.1 Å². The molecule has 0 unspecified atom stereocenters. The number of primary sulfonamides is 1. The number of anilines is 1. The Labute approximate surface area is 118 Å². The summed E-state index contributed by atoms with van der Waals surface area (Å²) in [6.45, 7) is -0.195. The van der Waals surface area contributed by atoms with E-state index in [0.29, 0.717) is 0 Å². The van der Waals surface area contributed by atoms with Crippen LogP contribution in [0.5, 0.6) is 5.75 Å². The number of nitrogens with one attached hydrogen (secondary N) is 2. The zero-order valence-corrected chi connectivity index (χ0v) is 11.3. The lowest BCUT2D eigenvalue weighted by Crippen LogP contribution is -2.34. The highest BCUT2D eigenvalue weighted by molar-refractivity contribution is 7.89. The Morgan fingerprint density at radius 1 is 1.24 bits per heavy atom. The van der Waals surface area contributed by atoms with Gasteiger partial charge in [0.05, 0.1) is 5.75 Å². The molecule has 0 aliphatic heterocycles. The van der Waals surface area contributed by atoms with Crippen LogP contribution in [-0.4, -0.2) is 33.1 Å². The Morgan fingerprint density at radius 2 is 1.81 bits per heavy atom.